The third kappa shape index (κ3) is 5.07. The van der Waals surface area contributed by atoms with Gasteiger partial charge in [-0.1, -0.05) is 24.3 Å². The lowest BCUT2D eigenvalue weighted by molar-refractivity contribution is -0.143. The van der Waals surface area contributed by atoms with E-state index < -0.39 is 17.8 Å². The molecule has 1 aromatic carbocycles. The van der Waals surface area contributed by atoms with Crippen molar-refractivity contribution >= 4 is 17.3 Å². The van der Waals surface area contributed by atoms with Crippen LogP contribution in [0.15, 0.2) is 60.9 Å². The van der Waals surface area contributed by atoms with Crippen LogP contribution < -0.4 is 5.32 Å². The van der Waals surface area contributed by atoms with Crippen molar-refractivity contribution < 1.29 is 23.1 Å². The number of halogens is 3. The number of rotatable bonds is 5. The van der Waals surface area contributed by atoms with E-state index >= 15 is 0 Å². The van der Waals surface area contributed by atoms with Crippen LogP contribution in [0.3, 0.4) is 0 Å². The molecule has 0 aliphatic heterocycles. The van der Waals surface area contributed by atoms with Crippen LogP contribution in [0.4, 0.5) is 24.5 Å². The Hall–Kier alpha value is -3.42. The molecule has 2 N–H and O–H groups in total. The maximum Gasteiger partial charge on any atom is 0.433 e. The fraction of sp³-hybridized carbons (Fsp3) is 0.292. The van der Waals surface area contributed by atoms with Crippen molar-refractivity contribution in [2.45, 2.75) is 37.8 Å². The highest BCUT2D eigenvalue weighted by atomic mass is 19.4. The molecule has 1 aliphatic rings. The molecule has 1 aliphatic carbocycles. The number of pyridine rings is 2. The van der Waals surface area contributed by atoms with Crippen LogP contribution in [0.2, 0.25) is 0 Å². The third-order valence-electron chi connectivity index (χ3n) is 5.86. The molecule has 3 aromatic rings. The second kappa shape index (κ2) is 8.98. The maximum absolute atomic E-state index is 12.6. The summed E-state index contributed by atoms with van der Waals surface area (Å²) in [6, 6.07) is 14.1. The number of benzene rings is 1. The monoisotopic (exact) mass is 441 g/mol. The predicted molar refractivity (Wildman–Crippen MR) is 115 cm³/mol. The van der Waals surface area contributed by atoms with Crippen LogP contribution in [0.25, 0.3) is 11.3 Å². The Morgan fingerprint density at radius 3 is 2.00 bits per heavy atom. The zero-order valence-electron chi connectivity index (χ0n) is 17.1. The molecule has 0 radical (unpaired) electrons. The second-order valence-electron chi connectivity index (χ2n) is 8.00. The fourth-order valence-corrected chi connectivity index (χ4v) is 4.04. The minimum atomic E-state index is -4.46. The molecule has 2 aromatic heterocycles. The molecule has 0 unspecified atom stereocenters. The van der Waals surface area contributed by atoms with Crippen LogP contribution in [-0.2, 0) is 11.0 Å². The average Bonchev–Trinajstić information content (AvgIpc) is 2.80. The number of anilines is 2. The molecule has 4 rings (SSSR count). The molecule has 0 amide bonds. The number of aromatic nitrogens is 2. The minimum Gasteiger partial charge on any atom is -0.481 e. The van der Waals surface area contributed by atoms with Gasteiger partial charge in [-0.25, -0.2) is 4.98 Å². The van der Waals surface area contributed by atoms with Crippen molar-refractivity contribution in [1.29, 1.82) is 0 Å². The zero-order valence-corrected chi connectivity index (χ0v) is 17.1. The highest BCUT2D eigenvalue weighted by Crippen LogP contribution is 2.36. The first kappa shape index (κ1) is 21.8. The van der Waals surface area contributed by atoms with E-state index in [1.807, 2.05) is 18.2 Å². The molecule has 1 fully saturated rings. The number of hydrogen-bond donors (Lipinski definition) is 2. The number of carbonyl (C=O) groups is 1. The molecular weight excluding hydrogens is 419 g/mol. The number of carboxylic acid groups (broad SMARTS) is 1. The van der Waals surface area contributed by atoms with Crippen LogP contribution >= 0.6 is 0 Å². The normalized spacial score (nSPS) is 18.8. The number of nitrogens with one attached hydrogen (secondary N) is 1. The van der Waals surface area contributed by atoms with Crippen molar-refractivity contribution in [1.82, 2.24) is 9.97 Å². The summed E-state index contributed by atoms with van der Waals surface area (Å²) >= 11 is 0. The van der Waals surface area contributed by atoms with Crippen molar-refractivity contribution in [3.63, 3.8) is 0 Å². The largest absolute Gasteiger partial charge is 0.481 e. The predicted octanol–water partition coefficient (Wildman–Crippen LogP) is 6.26. The summed E-state index contributed by atoms with van der Waals surface area (Å²) in [4.78, 5) is 19.0. The molecule has 166 valence electrons. The standard InChI is InChI=1S/C24H22F3N3O2/c25-24(26,27)22-12-10-20(14-29-22)30-19-9-11-21(28-13-19)17-5-1-15(2-6-17)16-3-7-18(8-4-16)23(31)32/h1-2,5-6,9-14,16,18,30H,3-4,7-8H2,(H,31,32). The molecule has 32 heavy (non-hydrogen) atoms. The van der Waals surface area contributed by atoms with Gasteiger partial charge < -0.3 is 10.4 Å². The zero-order chi connectivity index (χ0) is 22.7. The molecular formula is C24H22F3N3O2. The van der Waals surface area contributed by atoms with Crippen molar-refractivity contribution in [2.75, 3.05) is 5.32 Å². The van der Waals surface area contributed by atoms with Crippen molar-refractivity contribution in [3.8, 4) is 11.3 Å². The summed E-state index contributed by atoms with van der Waals surface area (Å²) in [6.07, 6.45) is 1.49. The van der Waals surface area contributed by atoms with Crippen LogP contribution in [0, 0.1) is 5.92 Å². The fourth-order valence-electron chi connectivity index (χ4n) is 4.04. The van der Waals surface area contributed by atoms with Gasteiger partial charge >= 0.3 is 12.1 Å². The summed E-state index contributed by atoms with van der Waals surface area (Å²) in [7, 11) is 0. The van der Waals surface area contributed by atoms with Crippen LogP contribution in [0.1, 0.15) is 42.9 Å². The molecule has 2 heterocycles. The number of aliphatic carboxylic acids is 1. The number of carboxylic acids is 1. The van der Waals surface area contributed by atoms with Gasteiger partial charge in [-0.3, -0.25) is 9.78 Å². The maximum atomic E-state index is 12.6. The van der Waals surface area contributed by atoms with Crippen LogP contribution in [-0.4, -0.2) is 21.0 Å². The van der Waals surface area contributed by atoms with Gasteiger partial charge in [0.05, 0.1) is 35.4 Å². The number of alkyl halides is 3. The number of nitrogens with zero attached hydrogens (tertiary/aromatic N) is 2. The Labute approximate surface area is 183 Å². The van der Waals surface area contributed by atoms with Gasteiger partial charge in [0.2, 0.25) is 0 Å². The second-order valence-corrected chi connectivity index (χ2v) is 8.00. The lowest BCUT2D eigenvalue weighted by Gasteiger charge is -2.26. The van der Waals surface area contributed by atoms with Gasteiger partial charge in [0, 0.05) is 5.56 Å². The van der Waals surface area contributed by atoms with E-state index in [9.17, 15) is 18.0 Å². The van der Waals surface area contributed by atoms with Gasteiger partial charge in [0.25, 0.3) is 0 Å². The molecule has 8 heteroatoms. The number of hydrogen-bond acceptors (Lipinski definition) is 4. The Kier molecular flexibility index (Phi) is 6.12. The summed E-state index contributed by atoms with van der Waals surface area (Å²) in [5, 5.41) is 12.1. The Morgan fingerprint density at radius 1 is 0.875 bits per heavy atom. The first-order valence-corrected chi connectivity index (χ1v) is 10.4. The first-order valence-electron chi connectivity index (χ1n) is 10.4. The lowest BCUT2D eigenvalue weighted by atomic mass is 9.78. The molecule has 0 bridgehead atoms. The Balaban J connectivity index is 1.38. The molecule has 5 nitrogen and oxygen atoms in total. The summed E-state index contributed by atoms with van der Waals surface area (Å²) < 4.78 is 37.8. The lowest BCUT2D eigenvalue weighted by Crippen LogP contribution is -2.20. The van der Waals surface area contributed by atoms with E-state index in [4.69, 9.17) is 5.11 Å². The van der Waals surface area contributed by atoms with Gasteiger partial charge in [0.1, 0.15) is 5.69 Å². The highest BCUT2D eigenvalue weighted by Gasteiger charge is 2.32. The average molecular weight is 441 g/mol. The molecule has 1 saturated carbocycles. The van der Waals surface area contributed by atoms with E-state index in [1.54, 1.807) is 12.3 Å². The van der Waals surface area contributed by atoms with E-state index in [1.165, 1.54) is 11.6 Å². The first-order chi connectivity index (χ1) is 15.3. The summed E-state index contributed by atoms with van der Waals surface area (Å²) in [5.41, 5.74) is 3.09. The molecule has 0 saturated heterocycles. The molecule has 0 atom stereocenters. The van der Waals surface area contributed by atoms with Gasteiger partial charge in [0.15, 0.2) is 0 Å². The van der Waals surface area contributed by atoms with Gasteiger partial charge in [-0.2, -0.15) is 13.2 Å². The van der Waals surface area contributed by atoms with E-state index in [0.717, 1.165) is 36.4 Å². The molecule has 0 spiro atoms. The van der Waals surface area contributed by atoms with E-state index in [0.29, 0.717) is 30.1 Å². The Morgan fingerprint density at radius 2 is 1.50 bits per heavy atom. The smallest absolute Gasteiger partial charge is 0.433 e. The van der Waals surface area contributed by atoms with Gasteiger partial charge in [-0.15, -0.1) is 0 Å². The van der Waals surface area contributed by atoms with Crippen LogP contribution in [0.5, 0.6) is 0 Å². The van der Waals surface area contributed by atoms with Crippen molar-refractivity contribution in [3.05, 3.63) is 72.2 Å². The minimum absolute atomic E-state index is 0.222. The quantitative estimate of drug-likeness (QED) is 0.488. The van der Waals surface area contributed by atoms with Gasteiger partial charge in [-0.05, 0) is 61.4 Å². The summed E-state index contributed by atoms with van der Waals surface area (Å²) in [5.74, 6) is -0.533. The van der Waals surface area contributed by atoms with E-state index in [-0.39, 0.29) is 5.92 Å². The Bertz CT molecular complexity index is 1060. The van der Waals surface area contributed by atoms with E-state index in [2.05, 4.69) is 27.4 Å². The SMILES string of the molecule is O=C(O)C1CCC(c2ccc(-c3ccc(Nc4ccc(C(F)(F)F)nc4)cn3)cc2)CC1. The van der Waals surface area contributed by atoms with Crippen molar-refractivity contribution in [2.24, 2.45) is 5.92 Å². The topological polar surface area (TPSA) is 75.1 Å². The third-order valence-corrected chi connectivity index (χ3v) is 5.86. The highest BCUT2D eigenvalue weighted by molar-refractivity contribution is 5.70. The summed E-state index contributed by atoms with van der Waals surface area (Å²) in [6.45, 7) is 0.